The lowest BCUT2D eigenvalue weighted by Crippen LogP contribution is -2.37. The second-order valence-electron chi connectivity index (χ2n) is 7.45. The van der Waals surface area contributed by atoms with E-state index in [1.165, 1.54) is 30.9 Å². The summed E-state index contributed by atoms with van der Waals surface area (Å²) < 4.78 is 5.61. The average Bonchev–Trinajstić information content (AvgIpc) is 3.53. The number of benzene rings is 2. The van der Waals surface area contributed by atoms with Crippen molar-refractivity contribution >= 4 is 17.7 Å². The first-order chi connectivity index (χ1) is 15.3. The summed E-state index contributed by atoms with van der Waals surface area (Å²) in [5.41, 5.74) is 2.77. The van der Waals surface area contributed by atoms with Crippen molar-refractivity contribution < 1.29 is 9.53 Å². The Hall–Kier alpha value is -2.84. The first kappa shape index (κ1) is 21.4. The number of H-pyrrole nitrogens is 1. The van der Waals surface area contributed by atoms with Gasteiger partial charge in [-0.15, -0.1) is 0 Å². The predicted octanol–water partition coefficient (Wildman–Crippen LogP) is 3.67. The second kappa shape index (κ2) is 10.5. The van der Waals surface area contributed by atoms with Crippen LogP contribution in [0.5, 0.6) is 5.75 Å². The zero-order chi connectivity index (χ0) is 21.5. The third-order valence-electron chi connectivity index (χ3n) is 5.55. The number of nitrogens with zero attached hydrogens (tertiary/aromatic N) is 3. The third-order valence-corrected chi connectivity index (χ3v) is 6.48. The van der Waals surface area contributed by atoms with Gasteiger partial charge < -0.3 is 10.1 Å². The minimum absolute atomic E-state index is 0.0622. The molecule has 1 aliphatic rings. The molecule has 0 radical (unpaired) electrons. The lowest BCUT2D eigenvalue weighted by Gasteiger charge is -2.29. The van der Waals surface area contributed by atoms with Crippen molar-refractivity contribution in [1.82, 2.24) is 25.4 Å². The Kier molecular flexibility index (Phi) is 7.22. The molecule has 1 fully saturated rings. The normalized spacial score (nSPS) is 15.0. The molecule has 2 N–H and O–H groups in total. The topological polar surface area (TPSA) is 83.1 Å². The fourth-order valence-corrected chi connectivity index (χ4v) is 4.78. The quantitative estimate of drug-likeness (QED) is 0.497. The number of carbonyl (C=O) groups is 1. The maximum absolute atomic E-state index is 13.1. The number of methoxy groups -OCH3 is 1. The summed E-state index contributed by atoms with van der Waals surface area (Å²) in [5.74, 6) is 1.44. The van der Waals surface area contributed by atoms with Crippen LogP contribution in [0, 0.1) is 0 Å². The van der Waals surface area contributed by atoms with E-state index in [9.17, 15) is 4.79 Å². The lowest BCUT2D eigenvalue weighted by atomic mass is 10.0. The van der Waals surface area contributed by atoms with E-state index in [4.69, 9.17) is 4.74 Å². The molecule has 0 spiro atoms. The van der Waals surface area contributed by atoms with E-state index in [-0.39, 0.29) is 11.9 Å². The van der Waals surface area contributed by atoms with Crippen LogP contribution < -0.4 is 10.1 Å². The van der Waals surface area contributed by atoms with E-state index in [0.717, 1.165) is 35.1 Å². The minimum atomic E-state index is -0.0622. The van der Waals surface area contributed by atoms with Crippen LogP contribution in [0.3, 0.4) is 0 Å². The van der Waals surface area contributed by atoms with Gasteiger partial charge in [0, 0.05) is 23.4 Å². The van der Waals surface area contributed by atoms with Gasteiger partial charge in [-0.25, -0.2) is 4.98 Å². The van der Waals surface area contributed by atoms with Gasteiger partial charge in [0.05, 0.1) is 13.2 Å². The Bertz CT molecular complexity index is 989. The number of ether oxygens (including phenoxy) is 1. The van der Waals surface area contributed by atoms with Gasteiger partial charge in [-0.2, -0.15) is 5.10 Å². The van der Waals surface area contributed by atoms with Crippen LogP contribution >= 0.6 is 11.8 Å². The molecule has 1 amide bonds. The number of aromatic amines is 1. The van der Waals surface area contributed by atoms with Crippen molar-refractivity contribution in [2.45, 2.75) is 29.8 Å². The number of hydrogen-bond acceptors (Lipinski definition) is 6. The highest BCUT2D eigenvalue weighted by Gasteiger charge is 2.26. The predicted molar refractivity (Wildman–Crippen MR) is 121 cm³/mol. The van der Waals surface area contributed by atoms with Crippen molar-refractivity contribution in [3.05, 3.63) is 71.5 Å². The van der Waals surface area contributed by atoms with Crippen LogP contribution in [0.2, 0.25) is 0 Å². The van der Waals surface area contributed by atoms with Crippen LogP contribution in [-0.4, -0.2) is 52.7 Å². The SMILES string of the molecule is COc1ccccc1C(CNC(=O)c1ccccc1CSc1ncn[nH]1)N1CCCC1. The van der Waals surface area contributed by atoms with Gasteiger partial charge in [-0.1, -0.05) is 48.2 Å². The zero-order valence-corrected chi connectivity index (χ0v) is 18.4. The van der Waals surface area contributed by atoms with Gasteiger partial charge >= 0.3 is 0 Å². The third kappa shape index (κ3) is 5.26. The number of nitrogens with one attached hydrogen (secondary N) is 2. The van der Waals surface area contributed by atoms with E-state index < -0.39 is 0 Å². The Labute approximate surface area is 186 Å². The van der Waals surface area contributed by atoms with Crippen LogP contribution in [0.4, 0.5) is 0 Å². The van der Waals surface area contributed by atoms with Crippen molar-refractivity contribution in [3.8, 4) is 5.75 Å². The first-order valence-corrected chi connectivity index (χ1v) is 11.5. The second-order valence-corrected chi connectivity index (χ2v) is 8.41. The van der Waals surface area contributed by atoms with E-state index in [1.807, 2.05) is 42.5 Å². The summed E-state index contributed by atoms with van der Waals surface area (Å²) >= 11 is 1.52. The standard InChI is InChI=1S/C23H27N5O2S/c1-30-21-11-5-4-10-19(21)20(28-12-6-7-13-28)14-24-22(29)18-9-3-2-8-17(18)15-31-23-25-16-26-27-23/h2-5,8-11,16,20H,6-7,12-15H2,1H3,(H,24,29)(H,25,26,27). The van der Waals surface area contributed by atoms with Gasteiger partial charge in [0.2, 0.25) is 0 Å². The van der Waals surface area contributed by atoms with Crippen molar-refractivity contribution in [2.24, 2.45) is 0 Å². The highest BCUT2D eigenvalue weighted by Crippen LogP contribution is 2.31. The van der Waals surface area contributed by atoms with E-state index >= 15 is 0 Å². The molecule has 3 aromatic rings. The number of thioether (sulfide) groups is 1. The van der Waals surface area contributed by atoms with E-state index in [2.05, 4.69) is 31.5 Å². The summed E-state index contributed by atoms with van der Waals surface area (Å²) in [6.45, 7) is 2.59. The molecule has 0 bridgehead atoms. The number of para-hydroxylation sites is 1. The number of likely N-dealkylation sites (tertiary alicyclic amines) is 1. The van der Waals surface area contributed by atoms with Crippen LogP contribution in [0.15, 0.2) is 60.0 Å². The number of hydrogen-bond donors (Lipinski definition) is 2. The number of carbonyl (C=O) groups excluding carboxylic acids is 1. The molecule has 1 atom stereocenters. The Balaban J connectivity index is 1.48. The first-order valence-electron chi connectivity index (χ1n) is 10.5. The molecule has 162 valence electrons. The van der Waals surface area contributed by atoms with Gasteiger partial charge in [0.15, 0.2) is 5.16 Å². The zero-order valence-electron chi connectivity index (χ0n) is 17.6. The van der Waals surface area contributed by atoms with Crippen LogP contribution in [0.25, 0.3) is 0 Å². The summed E-state index contributed by atoms with van der Waals surface area (Å²) in [4.78, 5) is 19.7. The summed E-state index contributed by atoms with van der Waals surface area (Å²) in [6.07, 6.45) is 3.85. The molecule has 0 saturated carbocycles. The Morgan fingerprint density at radius 3 is 2.74 bits per heavy atom. The maximum Gasteiger partial charge on any atom is 0.251 e. The molecule has 4 rings (SSSR count). The van der Waals surface area contributed by atoms with Crippen molar-refractivity contribution in [2.75, 3.05) is 26.7 Å². The van der Waals surface area contributed by atoms with Gasteiger partial charge in [0.1, 0.15) is 12.1 Å². The van der Waals surface area contributed by atoms with Crippen molar-refractivity contribution in [3.63, 3.8) is 0 Å². The molecular formula is C23H27N5O2S. The molecular weight excluding hydrogens is 410 g/mol. The van der Waals surface area contributed by atoms with E-state index in [0.29, 0.717) is 17.9 Å². The van der Waals surface area contributed by atoms with E-state index in [1.54, 1.807) is 7.11 Å². The molecule has 31 heavy (non-hydrogen) atoms. The Morgan fingerprint density at radius 2 is 1.97 bits per heavy atom. The fraction of sp³-hybridized carbons (Fsp3) is 0.348. The molecule has 1 unspecified atom stereocenters. The molecule has 2 aromatic carbocycles. The van der Waals surface area contributed by atoms with Gasteiger partial charge in [0.25, 0.3) is 5.91 Å². The largest absolute Gasteiger partial charge is 0.496 e. The monoisotopic (exact) mass is 437 g/mol. The molecule has 1 aromatic heterocycles. The molecule has 1 aliphatic heterocycles. The smallest absolute Gasteiger partial charge is 0.251 e. The van der Waals surface area contributed by atoms with Gasteiger partial charge in [-0.05, 0) is 43.6 Å². The number of amides is 1. The summed E-state index contributed by atoms with van der Waals surface area (Å²) in [7, 11) is 1.70. The molecule has 0 aliphatic carbocycles. The van der Waals surface area contributed by atoms with Gasteiger partial charge in [-0.3, -0.25) is 14.8 Å². The highest BCUT2D eigenvalue weighted by molar-refractivity contribution is 7.98. The van der Waals surface area contributed by atoms with Crippen molar-refractivity contribution in [1.29, 1.82) is 0 Å². The lowest BCUT2D eigenvalue weighted by molar-refractivity contribution is 0.0936. The Morgan fingerprint density at radius 1 is 1.19 bits per heavy atom. The van der Waals surface area contributed by atoms with Crippen LogP contribution in [-0.2, 0) is 5.75 Å². The average molecular weight is 438 g/mol. The molecule has 1 saturated heterocycles. The minimum Gasteiger partial charge on any atom is -0.496 e. The number of aromatic nitrogens is 3. The fourth-order valence-electron chi connectivity index (χ4n) is 3.99. The summed E-state index contributed by atoms with van der Waals surface area (Å²) in [5, 5.41) is 10.6. The number of rotatable bonds is 9. The maximum atomic E-state index is 13.1. The summed E-state index contributed by atoms with van der Waals surface area (Å²) in [6, 6.07) is 15.9. The molecule has 8 heteroatoms. The molecule has 7 nitrogen and oxygen atoms in total. The molecule has 2 heterocycles. The van der Waals surface area contributed by atoms with Crippen LogP contribution in [0.1, 0.15) is 40.4 Å². The highest BCUT2D eigenvalue weighted by atomic mass is 32.2.